The minimum atomic E-state index is -5.08. The van der Waals surface area contributed by atoms with Gasteiger partial charge in [0.05, 0.1) is 19.9 Å². The SMILES string of the molecule is COc1ccc(CCNCCCn2nc3c(c2C(=O)O)CCc2cnccc2-3)cc1OC.O=C(O)C(F)(F)F. The molecule has 0 saturated carbocycles. The normalized spacial score (nSPS) is 12.0. The minimum Gasteiger partial charge on any atom is -0.493 e. The number of ether oxygens (including phenoxy) is 2. The van der Waals surface area contributed by atoms with Gasteiger partial charge in [0.1, 0.15) is 5.69 Å². The second-order valence-corrected chi connectivity index (χ2v) is 8.58. The van der Waals surface area contributed by atoms with Crippen LogP contribution in [0.1, 0.15) is 33.6 Å². The number of carboxylic acids is 2. The van der Waals surface area contributed by atoms with Crippen molar-refractivity contribution < 1.29 is 42.4 Å². The number of aromatic nitrogens is 3. The van der Waals surface area contributed by atoms with Gasteiger partial charge in [0.15, 0.2) is 11.5 Å². The standard InChI is InChI=1S/C24H28N4O4.C2HF3O2/c1-31-20-7-4-16(14-21(20)32-2)8-11-25-10-3-13-28-23(24(29)30)19-6-5-17-15-26-12-9-18(17)22(19)27-28;3-2(4,5)1(6)7/h4,7,9,12,14-15,25H,3,5-6,8,10-11,13H2,1-2H3,(H,29,30);(H,6,7). The third-order valence-electron chi connectivity index (χ3n) is 6.06. The molecule has 13 heteroatoms. The first-order valence-electron chi connectivity index (χ1n) is 12.0. The van der Waals surface area contributed by atoms with Gasteiger partial charge in [-0.25, -0.2) is 9.59 Å². The van der Waals surface area contributed by atoms with Crippen molar-refractivity contribution in [1.29, 1.82) is 0 Å². The van der Waals surface area contributed by atoms with E-state index < -0.39 is 18.1 Å². The Kier molecular flexibility index (Phi) is 9.88. The molecule has 0 saturated heterocycles. The quantitative estimate of drug-likeness (QED) is 0.324. The molecule has 3 aromatic rings. The Bertz CT molecular complexity index is 1310. The van der Waals surface area contributed by atoms with Gasteiger partial charge in [-0.2, -0.15) is 18.3 Å². The number of alkyl halides is 3. The summed E-state index contributed by atoms with van der Waals surface area (Å²) in [6.45, 7) is 2.15. The molecule has 0 amide bonds. The van der Waals surface area contributed by atoms with E-state index in [1.807, 2.05) is 30.5 Å². The van der Waals surface area contributed by atoms with E-state index in [4.69, 9.17) is 19.4 Å². The summed E-state index contributed by atoms with van der Waals surface area (Å²) in [6, 6.07) is 7.85. The van der Waals surface area contributed by atoms with Gasteiger partial charge in [0, 0.05) is 30.1 Å². The monoisotopic (exact) mass is 550 g/mol. The number of hydrogen-bond acceptors (Lipinski definition) is 7. The first-order chi connectivity index (χ1) is 18.6. The lowest BCUT2D eigenvalue weighted by Gasteiger charge is -2.14. The lowest BCUT2D eigenvalue weighted by Crippen LogP contribution is -2.21. The number of halogens is 3. The molecule has 1 aliphatic rings. The second kappa shape index (κ2) is 13.1. The molecule has 0 spiro atoms. The van der Waals surface area contributed by atoms with Gasteiger partial charge >= 0.3 is 18.1 Å². The van der Waals surface area contributed by atoms with Crippen molar-refractivity contribution in [3.63, 3.8) is 0 Å². The number of aromatic carboxylic acids is 1. The number of rotatable bonds is 10. The predicted octanol–water partition coefficient (Wildman–Crippen LogP) is 3.61. The Hall–Kier alpha value is -4.13. The van der Waals surface area contributed by atoms with Crippen LogP contribution in [0.4, 0.5) is 13.2 Å². The molecule has 4 rings (SSSR count). The highest BCUT2D eigenvalue weighted by molar-refractivity contribution is 5.90. The van der Waals surface area contributed by atoms with Crippen LogP contribution >= 0.6 is 0 Å². The van der Waals surface area contributed by atoms with Crippen LogP contribution in [0.15, 0.2) is 36.7 Å². The Morgan fingerprint density at radius 3 is 2.44 bits per heavy atom. The van der Waals surface area contributed by atoms with E-state index in [0.29, 0.717) is 18.7 Å². The number of nitrogens with one attached hydrogen (secondary N) is 1. The van der Waals surface area contributed by atoms with Crippen LogP contribution in [0.2, 0.25) is 0 Å². The number of benzene rings is 1. The molecule has 0 aliphatic heterocycles. The molecular formula is C26H29F3N4O6. The highest BCUT2D eigenvalue weighted by Crippen LogP contribution is 2.34. The van der Waals surface area contributed by atoms with Crippen molar-refractivity contribution >= 4 is 11.9 Å². The van der Waals surface area contributed by atoms with Crippen molar-refractivity contribution in [2.75, 3.05) is 27.3 Å². The first-order valence-corrected chi connectivity index (χ1v) is 12.0. The highest BCUT2D eigenvalue weighted by atomic mass is 19.4. The molecule has 210 valence electrons. The lowest BCUT2D eigenvalue weighted by molar-refractivity contribution is -0.192. The fourth-order valence-electron chi connectivity index (χ4n) is 4.22. The van der Waals surface area contributed by atoms with E-state index in [1.165, 1.54) is 0 Å². The highest BCUT2D eigenvalue weighted by Gasteiger charge is 2.38. The summed E-state index contributed by atoms with van der Waals surface area (Å²) < 4.78 is 44.0. The van der Waals surface area contributed by atoms with E-state index in [9.17, 15) is 23.1 Å². The average molecular weight is 551 g/mol. The third kappa shape index (κ3) is 7.47. The molecule has 39 heavy (non-hydrogen) atoms. The molecule has 0 unspecified atom stereocenters. The number of carboxylic acid groups (broad SMARTS) is 2. The van der Waals surface area contributed by atoms with E-state index in [-0.39, 0.29) is 0 Å². The number of methoxy groups -OCH3 is 2. The van der Waals surface area contributed by atoms with Gasteiger partial charge < -0.3 is 25.0 Å². The zero-order valence-electron chi connectivity index (χ0n) is 21.4. The van der Waals surface area contributed by atoms with Gasteiger partial charge in [-0.05, 0) is 68.1 Å². The van der Waals surface area contributed by atoms with Gasteiger partial charge in [0.2, 0.25) is 0 Å². The van der Waals surface area contributed by atoms with Crippen LogP contribution in [0.3, 0.4) is 0 Å². The maximum atomic E-state index is 11.9. The first kappa shape index (κ1) is 29.4. The minimum absolute atomic E-state index is 0.313. The maximum Gasteiger partial charge on any atom is 0.490 e. The summed E-state index contributed by atoms with van der Waals surface area (Å²) in [5.41, 5.74) is 5.21. The van der Waals surface area contributed by atoms with Crippen molar-refractivity contribution in [3.8, 4) is 22.8 Å². The lowest BCUT2D eigenvalue weighted by atomic mass is 9.90. The largest absolute Gasteiger partial charge is 0.493 e. The van der Waals surface area contributed by atoms with E-state index in [1.54, 1.807) is 25.1 Å². The van der Waals surface area contributed by atoms with Crippen molar-refractivity contribution in [1.82, 2.24) is 20.1 Å². The smallest absolute Gasteiger partial charge is 0.490 e. The Labute approximate surface area is 222 Å². The number of hydrogen-bond donors (Lipinski definition) is 3. The number of fused-ring (bicyclic) bond motifs is 3. The molecule has 3 N–H and O–H groups in total. The molecule has 2 aromatic heterocycles. The number of aryl methyl sites for hydroxylation is 2. The summed E-state index contributed by atoms with van der Waals surface area (Å²) in [4.78, 5) is 25.0. The summed E-state index contributed by atoms with van der Waals surface area (Å²) in [6.07, 6.45) is 1.62. The molecule has 1 aromatic carbocycles. The fraction of sp³-hybridized carbons (Fsp3) is 0.385. The topological polar surface area (TPSA) is 136 Å². The number of carbonyl (C=O) groups is 2. The van der Waals surface area contributed by atoms with Crippen molar-refractivity contribution in [2.45, 2.75) is 38.4 Å². The van der Waals surface area contributed by atoms with Crippen molar-refractivity contribution in [3.05, 3.63) is 59.0 Å². The summed E-state index contributed by atoms with van der Waals surface area (Å²) in [7, 11) is 3.26. The van der Waals surface area contributed by atoms with Crippen molar-refractivity contribution in [2.24, 2.45) is 0 Å². The van der Waals surface area contributed by atoms with Crippen LogP contribution in [-0.2, 0) is 30.6 Å². The molecule has 10 nitrogen and oxygen atoms in total. The maximum absolute atomic E-state index is 11.9. The zero-order chi connectivity index (χ0) is 28.6. The number of nitrogens with zero attached hydrogens (tertiary/aromatic N) is 3. The third-order valence-corrected chi connectivity index (χ3v) is 6.06. The molecule has 2 heterocycles. The Balaban J connectivity index is 0.000000532. The number of pyridine rings is 1. The van der Waals surface area contributed by atoms with Gasteiger partial charge in [-0.1, -0.05) is 6.07 Å². The average Bonchev–Trinajstić information content (AvgIpc) is 3.29. The van der Waals surface area contributed by atoms with Gasteiger partial charge in [-0.15, -0.1) is 0 Å². The predicted molar refractivity (Wildman–Crippen MR) is 134 cm³/mol. The van der Waals surface area contributed by atoms with E-state index >= 15 is 0 Å². The molecular weight excluding hydrogens is 521 g/mol. The van der Waals surface area contributed by atoms with E-state index in [0.717, 1.165) is 71.8 Å². The van der Waals surface area contributed by atoms with Crippen LogP contribution in [0.5, 0.6) is 11.5 Å². The second-order valence-electron chi connectivity index (χ2n) is 8.58. The van der Waals surface area contributed by atoms with Gasteiger partial charge in [-0.3, -0.25) is 9.67 Å². The van der Waals surface area contributed by atoms with Crippen LogP contribution in [-0.4, -0.2) is 70.4 Å². The Morgan fingerprint density at radius 1 is 1.08 bits per heavy atom. The summed E-state index contributed by atoms with van der Waals surface area (Å²) in [5.74, 6) is -2.23. The van der Waals surface area contributed by atoms with Crippen LogP contribution in [0, 0.1) is 0 Å². The summed E-state index contributed by atoms with van der Waals surface area (Å²) >= 11 is 0. The zero-order valence-corrected chi connectivity index (χ0v) is 21.4. The Morgan fingerprint density at radius 2 is 1.79 bits per heavy atom. The molecule has 0 atom stereocenters. The van der Waals surface area contributed by atoms with Crippen LogP contribution < -0.4 is 14.8 Å². The summed E-state index contributed by atoms with van der Waals surface area (Å²) in [5, 5.41) is 25.0. The fourth-order valence-corrected chi connectivity index (χ4v) is 4.22. The molecule has 0 radical (unpaired) electrons. The molecule has 0 fully saturated rings. The van der Waals surface area contributed by atoms with E-state index in [2.05, 4.69) is 15.4 Å². The molecule has 1 aliphatic carbocycles. The van der Waals surface area contributed by atoms with Crippen LogP contribution in [0.25, 0.3) is 11.3 Å². The number of aliphatic carboxylic acids is 1. The van der Waals surface area contributed by atoms with Gasteiger partial charge in [0.25, 0.3) is 0 Å². The molecule has 0 bridgehead atoms.